The Morgan fingerprint density at radius 2 is 2.16 bits per heavy atom. The van der Waals surface area contributed by atoms with E-state index < -0.39 is 17.8 Å². The van der Waals surface area contributed by atoms with Crippen LogP contribution in [-0.2, 0) is 4.79 Å². The number of thiol groups is 1. The molecule has 25 heavy (non-hydrogen) atoms. The van der Waals surface area contributed by atoms with E-state index in [1.165, 1.54) is 12.1 Å². The number of amides is 1. The van der Waals surface area contributed by atoms with Gasteiger partial charge < -0.3 is 21.8 Å². The molecule has 1 amide bonds. The van der Waals surface area contributed by atoms with Crippen LogP contribution in [0, 0.1) is 28.5 Å². The first-order chi connectivity index (χ1) is 11.6. The van der Waals surface area contributed by atoms with Crippen molar-refractivity contribution in [2.45, 2.75) is 33.2 Å². The summed E-state index contributed by atoms with van der Waals surface area (Å²) >= 11 is 4.17. The van der Waals surface area contributed by atoms with E-state index in [0.29, 0.717) is 12.1 Å². The van der Waals surface area contributed by atoms with Crippen LogP contribution in [0.5, 0.6) is 0 Å². The Morgan fingerprint density at radius 1 is 1.52 bits per heavy atom. The monoisotopic (exact) mass is 363 g/mol. The topological polar surface area (TPSA) is 115 Å². The van der Waals surface area contributed by atoms with Crippen molar-refractivity contribution in [3.8, 4) is 6.07 Å². The number of benzene rings is 1. The summed E-state index contributed by atoms with van der Waals surface area (Å²) in [6, 6.07) is 3.77. The third-order valence-electron chi connectivity index (χ3n) is 3.21. The summed E-state index contributed by atoms with van der Waals surface area (Å²) in [5.74, 6) is -1.06. The molecule has 0 aromatic heterocycles. The predicted octanol–water partition coefficient (Wildman–Crippen LogP) is 3.23. The fourth-order valence-electron chi connectivity index (χ4n) is 2.20. The Balaban J connectivity index is 3.20. The van der Waals surface area contributed by atoms with Gasteiger partial charge in [-0.25, -0.2) is 4.39 Å². The van der Waals surface area contributed by atoms with Gasteiger partial charge in [0.05, 0.1) is 10.7 Å². The summed E-state index contributed by atoms with van der Waals surface area (Å²) in [7, 11) is 0. The molecule has 0 radical (unpaired) electrons. The molecule has 134 valence electrons. The van der Waals surface area contributed by atoms with Gasteiger partial charge in [-0.2, -0.15) is 5.26 Å². The van der Waals surface area contributed by atoms with Gasteiger partial charge in [0.15, 0.2) is 0 Å². The van der Waals surface area contributed by atoms with Crippen molar-refractivity contribution in [2.24, 2.45) is 11.7 Å². The molecule has 0 aliphatic rings. The van der Waals surface area contributed by atoms with Crippen LogP contribution < -0.4 is 16.4 Å². The zero-order valence-corrected chi connectivity index (χ0v) is 15.2. The smallest absolute Gasteiger partial charge is 0.239 e. The molecule has 1 rings (SSSR count). The molecule has 0 aliphatic heterocycles. The number of allylic oxidation sites excluding steroid dienone is 1. The number of primary amides is 1. The molecule has 1 atom stereocenters. The minimum absolute atomic E-state index is 0.181. The van der Waals surface area contributed by atoms with Gasteiger partial charge in [0, 0.05) is 11.4 Å². The number of carbonyl (C=O) groups is 1. The summed E-state index contributed by atoms with van der Waals surface area (Å²) in [4.78, 5) is 11.6. The third kappa shape index (κ3) is 6.47. The summed E-state index contributed by atoms with van der Waals surface area (Å²) in [5, 5.41) is 22.5. The van der Waals surface area contributed by atoms with Gasteiger partial charge in [-0.15, -0.1) is 12.6 Å². The fraction of sp³-hybridized carbons (Fsp3) is 0.353. The van der Waals surface area contributed by atoms with Gasteiger partial charge in [0.2, 0.25) is 5.91 Å². The lowest BCUT2D eigenvalue weighted by atomic mass is 10.0. The zero-order chi connectivity index (χ0) is 19.1. The first-order valence-electron chi connectivity index (χ1n) is 7.66. The zero-order valence-electron chi connectivity index (χ0n) is 14.4. The molecular weight excluding hydrogens is 341 g/mol. The van der Waals surface area contributed by atoms with E-state index in [9.17, 15) is 9.18 Å². The Kier molecular flexibility index (Phi) is 7.45. The summed E-state index contributed by atoms with van der Waals surface area (Å²) < 4.78 is 14.2. The number of rotatable bonds is 8. The molecule has 1 unspecified atom stereocenters. The lowest BCUT2D eigenvalue weighted by molar-refractivity contribution is -0.119. The average Bonchev–Trinajstić information content (AvgIpc) is 2.44. The number of nitrogens with two attached hydrogens (primary N) is 1. The Morgan fingerprint density at radius 3 is 2.64 bits per heavy atom. The molecule has 0 spiro atoms. The second kappa shape index (κ2) is 9.08. The summed E-state index contributed by atoms with van der Waals surface area (Å²) in [6.07, 6.45) is 1.91. The van der Waals surface area contributed by atoms with E-state index in [2.05, 4.69) is 23.3 Å². The first kappa shape index (κ1) is 20.5. The lowest BCUT2D eigenvalue weighted by Crippen LogP contribution is -2.36. The Hall–Kier alpha value is -2.53. The molecule has 0 saturated heterocycles. The minimum Gasteiger partial charge on any atom is -0.374 e. The van der Waals surface area contributed by atoms with Crippen molar-refractivity contribution >= 4 is 35.6 Å². The maximum atomic E-state index is 14.2. The lowest BCUT2D eigenvalue weighted by Gasteiger charge is -2.20. The molecule has 0 bridgehead atoms. The minimum atomic E-state index is -0.740. The summed E-state index contributed by atoms with van der Waals surface area (Å²) in [6.45, 7) is 5.45. The van der Waals surface area contributed by atoms with Gasteiger partial charge in [-0.1, -0.05) is 13.8 Å². The number of anilines is 2. The quantitative estimate of drug-likeness (QED) is 0.360. The van der Waals surface area contributed by atoms with E-state index in [1.54, 1.807) is 13.0 Å². The van der Waals surface area contributed by atoms with Crippen molar-refractivity contribution in [3.63, 3.8) is 0 Å². The molecule has 0 heterocycles. The van der Waals surface area contributed by atoms with Crippen molar-refractivity contribution in [2.75, 3.05) is 10.6 Å². The number of hydrogen-bond acceptors (Lipinski definition) is 6. The van der Waals surface area contributed by atoms with Gasteiger partial charge in [-0.3, -0.25) is 4.79 Å². The van der Waals surface area contributed by atoms with Crippen molar-refractivity contribution < 1.29 is 9.18 Å². The van der Waals surface area contributed by atoms with Crippen molar-refractivity contribution in [1.29, 1.82) is 10.7 Å². The van der Waals surface area contributed by atoms with Gasteiger partial charge in [0.1, 0.15) is 23.5 Å². The number of nitrogens with zero attached hydrogens (tertiary/aromatic N) is 1. The van der Waals surface area contributed by atoms with Crippen LogP contribution >= 0.6 is 12.6 Å². The van der Waals surface area contributed by atoms with Crippen LogP contribution in [0.3, 0.4) is 0 Å². The molecule has 0 fully saturated rings. The molecule has 6 nitrogen and oxygen atoms in total. The normalized spacial score (nSPS) is 12.4. The molecule has 5 N–H and O–H groups in total. The highest BCUT2D eigenvalue weighted by Crippen LogP contribution is 2.27. The highest BCUT2D eigenvalue weighted by Gasteiger charge is 2.19. The third-order valence-corrected chi connectivity index (χ3v) is 3.45. The second-order valence-electron chi connectivity index (χ2n) is 6.06. The van der Waals surface area contributed by atoms with E-state index in [-0.39, 0.29) is 27.9 Å². The van der Waals surface area contributed by atoms with Crippen LogP contribution in [0.15, 0.2) is 23.2 Å². The predicted molar refractivity (Wildman–Crippen MR) is 101 cm³/mol. The number of nitrogens with one attached hydrogen (secondary N) is 3. The first-order valence-corrected chi connectivity index (χ1v) is 8.11. The number of halogens is 1. The highest BCUT2D eigenvalue weighted by molar-refractivity contribution is 7.84. The van der Waals surface area contributed by atoms with Gasteiger partial charge in [-0.05, 0) is 37.5 Å². The van der Waals surface area contributed by atoms with E-state index in [0.717, 1.165) is 6.07 Å². The van der Waals surface area contributed by atoms with Crippen LogP contribution in [0.4, 0.5) is 15.8 Å². The van der Waals surface area contributed by atoms with E-state index >= 15 is 0 Å². The maximum absolute atomic E-state index is 14.2. The summed E-state index contributed by atoms with van der Waals surface area (Å²) in [5.41, 5.74) is 5.95. The second-order valence-corrected chi connectivity index (χ2v) is 6.54. The average molecular weight is 363 g/mol. The SMILES string of the molecule is CC(=N)/C=C(\S)Nc1cc(NC(CC(C)C)C(N)=O)cc(F)c1C#N. The fourth-order valence-corrected chi connectivity index (χ4v) is 2.51. The van der Waals surface area contributed by atoms with Crippen molar-refractivity contribution in [1.82, 2.24) is 0 Å². The number of carbonyl (C=O) groups excluding carboxylic acids is 1. The molecule has 1 aromatic carbocycles. The van der Waals surface area contributed by atoms with Crippen LogP contribution in [0.25, 0.3) is 0 Å². The van der Waals surface area contributed by atoms with Crippen LogP contribution in [0.1, 0.15) is 32.8 Å². The van der Waals surface area contributed by atoms with E-state index in [4.69, 9.17) is 16.4 Å². The molecule has 0 saturated carbocycles. The van der Waals surface area contributed by atoms with Crippen LogP contribution in [-0.4, -0.2) is 17.7 Å². The van der Waals surface area contributed by atoms with Gasteiger partial charge in [0.25, 0.3) is 0 Å². The van der Waals surface area contributed by atoms with Gasteiger partial charge >= 0.3 is 0 Å². The largest absolute Gasteiger partial charge is 0.374 e. The Labute approximate surface area is 152 Å². The molecule has 1 aromatic rings. The van der Waals surface area contributed by atoms with E-state index in [1.807, 2.05) is 13.8 Å². The molecular formula is C17H22FN5OS. The molecule has 8 heteroatoms. The highest BCUT2D eigenvalue weighted by atomic mass is 32.1. The number of nitriles is 1. The standard InChI is InChI=1S/C17H22FN5OS/c1-9(2)4-15(17(21)24)22-11-6-13(18)12(8-19)14(7-11)23-16(25)5-10(3)20/h5-7,9,15,20,22-23,25H,4H2,1-3H3,(H2,21,24)/b16-5-,20-10?. The maximum Gasteiger partial charge on any atom is 0.239 e. The molecule has 0 aliphatic carbocycles. The Bertz CT molecular complexity index is 739. The number of hydrogen-bond donors (Lipinski definition) is 5. The van der Waals surface area contributed by atoms with Crippen molar-refractivity contribution in [3.05, 3.63) is 34.6 Å². The van der Waals surface area contributed by atoms with Crippen LogP contribution in [0.2, 0.25) is 0 Å².